The largest absolute Gasteiger partial charge is 0.294 e. The maximum absolute atomic E-state index is 12.7. The first kappa shape index (κ1) is 13.6. The highest BCUT2D eigenvalue weighted by atomic mass is 79.9. The minimum absolute atomic E-state index is 0.0667. The topological polar surface area (TPSA) is 80.5 Å². The molecular formula is C15H11BrN2O4. The van der Waals surface area contributed by atoms with Gasteiger partial charge >= 0.3 is 0 Å². The number of halogens is 1. The van der Waals surface area contributed by atoms with Crippen LogP contribution in [0.2, 0.25) is 0 Å². The highest BCUT2D eigenvalue weighted by Gasteiger charge is 2.60. The number of benzene rings is 1. The van der Waals surface area contributed by atoms with Crippen LogP contribution in [0.25, 0.3) is 0 Å². The molecule has 112 valence electrons. The van der Waals surface area contributed by atoms with Gasteiger partial charge in [-0.15, -0.1) is 0 Å². The van der Waals surface area contributed by atoms with E-state index in [-0.39, 0.29) is 46.9 Å². The van der Waals surface area contributed by atoms with Gasteiger partial charge in [0.05, 0.1) is 16.8 Å². The molecular weight excluding hydrogens is 352 g/mol. The van der Waals surface area contributed by atoms with Gasteiger partial charge in [0.25, 0.3) is 5.69 Å². The SMILES string of the molecule is O=C1[C@@H]2[C@H](C(=O)N1c1ccc(Br)cc1[N+](=O)[O-])[C@@H]1C=C[C@H]2C1. The van der Waals surface area contributed by atoms with Crippen LogP contribution in [0.5, 0.6) is 0 Å². The van der Waals surface area contributed by atoms with Gasteiger partial charge in [-0.1, -0.05) is 28.1 Å². The number of nitro groups is 1. The monoisotopic (exact) mass is 362 g/mol. The van der Waals surface area contributed by atoms with Crippen LogP contribution in [0.15, 0.2) is 34.8 Å². The third-order valence-electron chi connectivity index (χ3n) is 4.85. The Labute approximate surface area is 134 Å². The number of hydrogen-bond donors (Lipinski definition) is 0. The maximum atomic E-state index is 12.7. The summed E-state index contributed by atoms with van der Waals surface area (Å²) in [4.78, 5) is 37.1. The summed E-state index contributed by atoms with van der Waals surface area (Å²) in [6, 6.07) is 4.37. The lowest BCUT2D eigenvalue weighted by Crippen LogP contribution is -2.33. The Morgan fingerprint density at radius 3 is 2.27 bits per heavy atom. The summed E-state index contributed by atoms with van der Waals surface area (Å²) >= 11 is 3.18. The summed E-state index contributed by atoms with van der Waals surface area (Å²) in [7, 11) is 0. The van der Waals surface area contributed by atoms with Crippen molar-refractivity contribution in [2.75, 3.05) is 4.90 Å². The molecule has 0 radical (unpaired) electrons. The van der Waals surface area contributed by atoms with Crippen LogP contribution >= 0.6 is 15.9 Å². The first-order chi connectivity index (χ1) is 10.5. The molecule has 2 fully saturated rings. The second-order valence-electron chi connectivity index (χ2n) is 5.90. The molecule has 0 unspecified atom stereocenters. The molecule has 2 bridgehead atoms. The fourth-order valence-electron chi connectivity index (χ4n) is 3.97. The second-order valence-corrected chi connectivity index (χ2v) is 6.82. The molecule has 1 aromatic carbocycles. The first-order valence-electron chi connectivity index (χ1n) is 6.99. The molecule has 4 rings (SSSR count). The number of amides is 2. The van der Waals surface area contributed by atoms with Crippen molar-refractivity contribution in [2.24, 2.45) is 23.7 Å². The van der Waals surface area contributed by atoms with Crippen LogP contribution in [-0.2, 0) is 9.59 Å². The van der Waals surface area contributed by atoms with Crippen LogP contribution < -0.4 is 4.90 Å². The standard InChI is InChI=1S/C15H11BrN2O4/c16-9-3-4-10(11(6-9)18(21)22)17-14(19)12-7-1-2-8(5-7)13(12)15(17)20/h1-4,6-8,12-13H,5H2/t7-,8+,12-,13+. The number of anilines is 1. The lowest BCUT2D eigenvalue weighted by Gasteiger charge is -2.17. The van der Waals surface area contributed by atoms with Crippen molar-refractivity contribution in [3.05, 3.63) is 44.9 Å². The van der Waals surface area contributed by atoms with E-state index < -0.39 is 4.92 Å². The minimum Gasteiger partial charge on any atom is -0.274 e. The van der Waals surface area contributed by atoms with Crippen molar-refractivity contribution in [1.82, 2.24) is 0 Å². The van der Waals surface area contributed by atoms with E-state index in [1.165, 1.54) is 12.1 Å². The normalized spacial score (nSPS) is 32.0. The number of hydrogen-bond acceptors (Lipinski definition) is 4. The maximum Gasteiger partial charge on any atom is 0.294 e. The summed E-state index contributed by atoms with van der Waals surface area (Å²) in [6.07, 6.45) is 4.83. The first-order valence-corrected chi connectivity index (χ1v) is 7.78. The van der Waals surface area contributed by atoms with Crippen molar-refractivity contribution in [3.8, 4) is 0 Å². The quantitative estimate of drug-likeness (QED) is 0.350. The van der Waals surface area contributed by atoms with E-state index in [4.69, 9.17) is 0 Å². The van der Waals surface area contributed by atoms with Gasteiger partial charge in [-0.05, 0) is 30.4 Å². The number of allylic oxidation sites excluding steroid dienone is 2. The molecule has 1 aliphatic heterocycles. The van der Waals surface area contributed by atoms with Crippen molar-refractivity contribution in [3.63, 3.8) is 0 Å². The molecule has 1 saturated carbocycles. The Morgan fingerprint density at radius 2 is 1.73 bits per heavy atom. The lowest BCUT2D eigenvalue weighted by molar-refractivity contribution is -0.384. The highest BCUT2D eigenvalue weighted by Crippen LogP contribution is 2.53. The zero-order valence-corrected chi connectivity index (χ0v) is 12.9. The number of rotatable bonds is 2. The molecule has 22 heavy (non-hydrogen) atoms. The fraction of sp³-hybridized carbons (Fsp3) is 0.333. The summed E-state index contributed by atoms with van der Waals surface area (Å²) in [5, 5.41) is 11.3. The molecule has 7 heteroatoms. The predicted molar refractivity (Wildman–Crippen MR) is 81.0 cm³/mol. The Bertz CT molecular complexity index is 730. The van der Waals surface area contributed by atoms with Crippen LogP contribution in [0, 0.1) is 33.8 Å². The molecule has 0 N–H and O–H groups in total. The van der Waals surface area contributed by atoms with Gasteiger partial charge in [-0.3, -0.25) is 19.7 Å². The molecule has 6 nitrogen and oxygen atoms in total. The number of fused-ring (bicyclic) bond motifs is 5. The summed E-state index contributed by atoms with van der Waals surface area (Å²) in [6.45, 7) is 0. The van der Waals surface area contributed by atoms with Gasteiger partial charge in [0.1, 0.15) is 5.69 Å². The van der Waals surface area contributed by atoms with E-state index in [0.717, 1.165) is 11.3 Å². The van der Waals surface area contributed by atoms with E-state index in [0.29, 0.717) is 4.47 Å². The van der Waals surface area contributed by atoms with E-state index in [9.17, 15) is 19.7 Å². The zero-order chi connectivity index (χ0) is 15.6. The third-order valence-corrected chi connectivity index (χ3v) is 5.34. The number of nitro benzene ring substituents is 1. The van der Waals surface area contributed by atoms with E-state index in [1.807, 2.05) is 12.2 Å². The van der Waals surface area contributed by atoms with Crippen LogP contribution in [0.3, 0.4) is 0 Å². The fourth-order valence-corrected chi connectivity index (χ4v) is 4.32. The summed E-state index contributed by atoms with van der Waals surface area (Å²) in [5.41, 5.74) is -0.173. The highest BCUT2D eigenvalue weighted by molar-refractivity contribution is 9.10. The lowest BCUT2D eigenvalue weighted by atomic mass is 9.85. The minimum atomic E-state index is -0.568. The molecule has 1 aromatic rings. The van der Waals surface area contributed by atoms with Crippen LogP contribution in [-0.4, -0.2) is 16.7 Å². The number of imide groups is 1. The average Bonchev–Trinajstić information content (AvgIpc) is 3.14. The molecule has 3 aliphatic rings. The number of carbonyl (C=O) groups is 2. The van der Waals surface area contributed by atoms with Gasteiger partial charge in [0.2, 0.25) is 11.8 Å². The number of nitrogens with zero attached hydrogens (tertiary/aromatic N) is 2. The Balaban J connectivity index is 1.81. The van der Waals surface area contributed by atoms with E-state index >= 15 is 0 Å². The Hall–Kier alpha value is -2.02. The summed E-state index contributed by atoms with van der Waals surface area (Å²) in [5.74, 6) is -1.15. The molecule has 1 heterocycles. The van der Waals surface area contributed by atoms with Gasteiger partial charge in [0.15, 0.2) is 0 Å². The van der Waals surface area contributed by atoms with Crippen molar-refractivity contribution >= 4 is 39.1 Å². The van der Waals surface area contributed by atoms with E-state index in [2.05, 4.69) is 15.9 Å². The van der Waals surface area contributed by atoms with Crippen LogP contribution in [0.1, 0.15) is 6.42 Å². The molecule has 2 aliphatic carbocycles. The molecule has 4 atom stereocenters. The molecule has 1 saturated heterocycles. The predicted octanol–water partition coefficient (Wildman–Crippen LogP) is 2.67. The van der Waals surface area contributed by atoms with Crippen LogP contribution in [0.4, 0.5) is 11.4 Å². The van der Waals surface area contributed by atoms with Gasteiger partial charge in [0, 0.05) is 10.5 Å². The van der Waals surface area contributed by atoms with Gasteiger partial charge in [-0.2, -0.15) is 0 Å². The molecule has 2 amide bonds. The van der Waals surface area contributed by atoms with Crippen molar-refractivity contribution in [2.45, 2.75) is 6.42 Å². The molecule has 0 aromatic heterocycles. The van der Waals surface area contributed by atoms with Gasteiger partial charge < -0.3 is 0 Å². The van der Waals surface area contributed by atoms with Crippen molar-refractivity contribution in [1.29, 1.82) is 0 Å². The third kappa shape index (κ3) is 1.65. The van der Waals surface area contributed by atoms with Gasteiger partial charge in [-0.25, -0.2) is 4.90 Å². The van der Waals surface area contributed by atoms with E-state index in [1.54, 1.807) is 6.07 Å². The Kier molecular flexibility index (Phi) is 2.78. The van der Waals surface area contributed by atoms with Crippen molar-refractivity contribution < 1.29 is 14.5 Å². The summed E-state index contributed by atoms with van der Waals surface area (Å²) < 4.78 is 0.531. The average molecular weight is 363 g/mol. The second kappa shape index (κ2) is 4.49. The Morgan fingerprint density at radius 1 is 1.14 bits per heavy atom. The zero-order valence-electron chi connectivity index (χ0n) is 11.3. The molecule has 0 spiro atoms. The number of carbonyl (C=O) groups excluding carboxylic acids is 2. The smallest absolute Gasteiger partial charge is 0.274 e.